The number of aromatic amines is 2. The molecule has 6 aromatic rings. The van der Waals surface area contributed by atoms with Gasteiger partial charge in [0, 0.05) is 117 Å². The van der Waals surface area contributed by atoms with E-state index in [0.717, 1.165) is 43.0 Å². The molecule has 147 heavy (non-hydrogen) atoms. The average Bonchev–Trinajstić information content (AvgIpc) is 1.63. The fourth-order valence-electron chi connectivity index (χ4n) is 12.3. The molecule has 0 radical (unpaired) electrons. The number of hydrogen-bond donors (Lipinski definition) is 21. The Hall–Kier alpha value is -9.66. The molecule has 0 spiro atoms. The van der Waals surface area contributed by atoms with Gasteiger partial charge in [-0.1, -0.05) is 10.2 Å². The second-order valence-electron chi connectivity index (χ2n) is 28.8. The molecular formula is C52H75N31O52P12. The van der Waals surface area contributed by atoms with Crippen LogP contribution in [-0.2, 0) is 145 Å². The van der Waals surface area contributed by atoms with Crippen molar-refractivity contribution in [3.05, 3.63) is 183 Å². The van der Waals surface area contributed by atoms with Gasteiger partial charge in [0.2, 0.25) is 11.8 Å². The third-order valence-electron chi connectivity index (χ3n) is 17.6. The van der Waals surface area contributed by atoms with Gasteiger partial charge in [0.05, 0.1) is 61.6 Å². The van der Waals surface area contributed by atoms with Crippen LogP contribution in [0.4, 0.5) is 17.6 Å². The molecule has 0 amide bonds. The maximum atomic E-state index is 12.2. The Kier molecular flexibility index (Phi) is 41.6. The number of nitrogens with two attached hydrogens (primary N) is 3. The van der Waals surface area contributed by atoms with Crippen molar-refractivity contribution in [3.8, 4) is 0 Å². The number of aromatic nitrogens is 10. The van der Waals surface area contributed by atoms with Gasteiger partial charge in [-0.25, -0.2) is 94.1 Å². The minimum absolute atomic E-state index is 0.0375. The van der Waals surface area contributed by atoms with Gasteiger partial charge >= 0.3 is 123 Å². The lowest BCUT2D eigenvalue weighted by Crippen LogP contribution is -2.36. The Balaban J connectivity index is 0.000000266. The number of ether oxygens (including phenoxy) is 8. The van der Waals surface area contributed by atoms with Crippen molar-refractivity contribution in [1.82, 2.24) is 48.2 Å². The van der Waals surface area contributed by atoms with Crippen LogP contribution in [0.2, 0.25) is 0 Å². The number of nitrogen functional groups attached to an aromatic ring is 3. The molecule has 23 atom stereocenters. The molecule has 4 aliphatic heterocycles. The zero-order chi connectivity index (χ0) is 111. The fraction of sp³-hybridized carbons (Fsp3) is 0.558. The molecule has 95 heteroatoms. The smallest absolute Gasteiger partial charge is 0.383 e. The molecule has 15 unspecified atom stereocenters. The van der Waals surface area contributed by atoms with E-state index in [1.165, 1.54) is 46.9 Å². The van der Waals surface area contributed by atoms with Gasteiger partial charge in [-0.2, -0.15) is 44.5 Å². The lowest BCUT2D eigenvalue weighted by Gasteiger charge is -2.26. The molecule has 0 aliphatic carbocycles. The number of phosphoric ester groups is 4. The summed E-state index contributed by atoms with van der Waals surface area (Å²) in [7, 11) is -67.6. The van der Waals surface area contributed by atoms with Crippen LogP contribution in [0, 0.1) is 26.6 Å². The number of phosphoric acid groups is 12. The van der Waals surface area contributed by atoms with Gasteiger partial charge in [-0.05, 0) is 59.7 Å². The molecule has 10 heterocycles. The maximum Gasteiger partial charge on any atom is 0.490 e. The highest BCUT2D eigenvalue weighted by atomic mass is 31.3. The second kappa shape index (κ2) is 49.2. The average molecular weight is 2340 g/mol. The van der Waals surface area contributed by atoms with E-state index in [0.29, 0.717) is 11.0 Å². The molecule has 4 saturated heterocycles. The summed E-state index contributed by atoms with van der Waals surface area (Å²) in [5.74, 6) is -8.56. The van der Waals surface area contributed by atoms with Crippen molar-refractivity contribution >= 4 is 134 Å². The zero-order valence-electron chi connectivity index (χ0n) is 73.3. The van der Waals surface area contributed by atoms with Gasteiger partial charge in [0.1, 0.15) is 72.9 Å². The van der Waals surface area contributed by atoms with Crippen molar-refractivity contribution in [2.24, 2.45) is 25.6 Å². The van der Waals surface area contributed by atoms with Crippen LogP contribution in [-0.4, -0.2) is 225 Å². The molecule has 10 rings (SSSR count). The largest absolute Gasteiger partial charge is 0.490 e. The SMILES string of the molecule is CC(N=[N+]=[N-])(N=[N+]=[N-])OC1C[C@H](n2ccc3c(=O)[nH]c(N)nc32)O[C@@H]1COP(=O)(O)OP(=O)(O)OP(=O)(O)O.[C-]#[N+]C(C)(N=[N+]=[N-])OC1C[C@H](n2cc(C)c(=O)[nH]c2=O)O[C@@H]1COP(=O)(O)OP(=O)(O)OP(=O)(O)O.[C-]#[N+]C(C)(N=[N+]=[N-])OC1C[C@H](n2ccc(N)nc2=O)O[C@@H]1COP(=O)(O)OP(=O)(O)OP(=O)(O)O.[C-]#[N+]C(C)(N=[N+]=[N-])OC1C[C@H](n2ccc3c(N)ncnc32)O[C@@H]1COP(=O)(O)OP(=O)(O)OP(=O)(O)O. The molecule has 6 aromatic heterocycles. The van der Waals surface area contributed by atoms with Crippen molar-refractivity contribution in [3.63, 3.8) is 0 Å². The van der Waals surface area contributed by atoms with E-state index in [4.69, 9.17) is 142 Å². The quantitative estimate of drug-likeness (QED) is 0.00781. The summed E-state index contributed by atoms with van der Waals surface area (Å²) in [4.78, 5) is 235. The summed E-state index contributed by atoms with van der Waals surface area (Å²) in [5.41, 5.74) is 58.2. The van der Waals surface area contributed by atoms with E-state index < -0.39 is 240 Å². The first kappa shape index (κ1) is 124. The lowest BCUT2D eigenvalue weighted by molar-refractivity contribution is -0.113. The molecule has 4 fully saturated rings. The number of anilines is 3. The van der Waals surface area contributed by atoms with Crippen LogP contribution < -0.4 is 39.7 Å². The summed E-state index contributed by atoms with van der Waals surface area (Å²) >= 11 is 0. The number of nitrogens with zero attached hydrogens (tertiary/aromatic N) is 26. The Morgan fingerprint density at radius 1 is 0.415 bits per heavy atom. The predicted molar refractivity (Wildman–Crippen MR) is 468 cm³/mol. The summed E-state index contributed by atoms with van der Waals surface area (Å²) in [6.07, 6.45) is -8.75. The van der Waals surface area contributed by atoms with E-state index in [9.17, 15) is 113 Å². The summed E-state index contributed by atoms with van der Waals surface area (Å²) in [6, 6.07) is 4.26. The van der Waals surface area contributed by atoms with Gasteiger partial charge in [0.15, 0.2) is 5.65 Å². The molecular weight excluding hydrogens is 2260 g/mol. The van der Waals surface area contributed by atoms with Crippen LogP contribution in [0.3, 0.4) is 0 Å². The van der Waals surface area contributed by atoms with E-state index in [1.807, 2.05) is 4.98 Å². The Bertz CT molecular complexity index is 7170. The van der Waals surface area contributed by atoms with Crippen molar-refractivity contribution in [1.29, 1.82) is 0 Å². The van der Waals surface area contributed by atoms with Crippen LogP contribution in [0.5, 0.6) is 0 Å². The van der Waals surface area contributed by atoms with E-state index in [2.05, 4.69) is 142 Å². The predicted octanol–water partition coefficient (Wildman–Crippen LogP) is 5.06. The standard InChI is InChI=1S/C14H19N8O12P3.C13H19N10O13P3.C13H19N6O14P3.C12H18N7O13P3/c1-14(17-2,20-21-16)32-9-5-11(22-4-3-8-12(15)18-7-19-13(8)22)31-10(9)6-30-36(26,27)34-37(28,29)33-35(23,24)25;1-13(19-21-15,20-22-16)34-7-4-9(23-3-2-6-10(23)17-12(14)18-11(6)24)33-8(7)5-32-38(28,29)36-39(30,31)35-37(25,26)27;1-7-5-19(12(21)16-11(7)20)10-4-8(31-13(2,15-3)17-18-14)9(30-10)6-29-35(25,26)33-36(27,28)32-34(22,23)24;1-12(15-2,17-18-14)30-7-5-10(19-4-3-9(13)16-11(19)20)29-8(7)6-28-34(24,25)32-35(26,27)31-33(21,22)23/h3-4,7,9-11H,5-6H2,1H3,(H,26,27)(H,28,29)(H2,15,18,19)(H2,23,24,25);2-3,7-9H,4-5H2,1H3,(H,28,29)(H,30,31)(H2,25,26,27)(H3,14,17,18,24);5,8-10H,4,6H2,1-2H3,(H,25,26)(H,27,28)(H,16,20,21)(H2,22,23,24);3-4,7-8,10H,5-6H2,1H3,(H,24,25)(H,26,27)(H2,13,16,20)(H2,21,22,23)/t9?,10-,11-,14?;7?,8-,9-;8?,9-,10-,13?;7?,8-,10-,12?/m1111/s1. The zero-order valence-corrected chi connectivity index (χ0v) is 84.0. The monoisotopic (exact) mass is 2340 g/mol. The molecule has 83 nitrogen and oxygen atoms in total. The number of nitrogens with one attached hydrogen (secondary N) is 2. The van der Waals surface area contributed by atoms with Crippen LogP contribution >= 0.6 is 93.9 Å². The third-order valence-corrected chi connectivity index (χ3v) is 32.9. The van der Waals surface area contributed by atoms with E-state index in [1.54, 1.807) is 12.3 Å². The van der Waals surface area contributed by atoms with Gasteiger partial charge in [0.25, 0.3) is 11.1 Å². The first-order chi connectivity index (χ1) is 67.4. The van der Waals surface area contributed by atoms with Crippen LogP contribution in [0.1, 0.15) is 83.9 Å². The molecule has 0 aromatic carbocycles. The minimum atomic E-state index is -5.79. The number of H-pyrrole nitrogens is 2. The number of aryl methyl sites for hydroxylation is 1. The summed E-state index contributed by atoms with van der Waals surface area (Å²) in [5, 5.41) is 16.8. The second-order valence-corrected chi connectivity index (χ2v) is 46.5. The fourth-order valence-corrected chi connectivity index (χ4v) is 24.4. The van der Waals surface area contributed by atoms with Gasteiger partial charge < -0.3 is 128 Å². The number of hydrogen-bond acceptors (Lipinski definition) is 48. The third kappa shape index (κ3) is 38.6. The Morgan fingerprint density at radius 3 is 1.05 bits per heavy atom. The maximum absolute atomic E-state index is 12.2. The Labute approximate surface area is 811 Å². The first-order valence-corrected chi connectivity index (χ1v) is 56.0. The number of fused-ring (bicyclic) bond motifs is 2. The first-order valence-electron chi connectivity index (χ1n) is 37.9. The number of azide groups is 4. The Morgan fingerprint density at radius 2 is 0.728 bits per heavy atom. The van der Waals surface area contributed by atoms with E-state index in [-0.39, 0.29) is 59.9 Å². The molecule has 0 saturated carbocycles. The summed E-state index contributed by atoms with van der Waals surface area (Å²) in [6.45, 7) is 23.7. The highest BCUT2D eigenvalue weighted by molar-refractivity contribution is 7.68. The normalized spacial score (nSPS) is 24.9. The lowest BCUT2D eigenvalue weighted by atomic mass is 10.2. The number of rotatable bonds is 45. The van der Waals surface area contributed by atoms with Crippen molar-refractivity contribution in [2.75, 3.05) is 43.6 Å². The highest BCUT2D eigenvalue weighted by Crippen LogP contribution is 2.70. The molecule has 4 aliphatic rings. The van der Waals surface area contributed by atoms with E-state index >= 15 is 0 Å². The van der Waals surface area contributed by atoms with Crippen molar-refractivity contribution < 1.29 is 224 Å². The van der Waals surface area contributed by atoms with Gasteiger partial charge in [-0.3, -0.25) is 75.5 Å². The van der Waals surface area contributed by atoms with Crippen LogP contribution in [0.25, 0.3) is 88.8 Å². The summed E-state index contributed by atoms with van der Waals surface area (Å²) < 4.78 is 235. The highest BCUT2D eigenvalue weighted by Gasteiger charge is 2.53. The van der Waals surface area contributed by atoms with Gasteiger partial charge in [-0.15, -0.1) is 0 Å². The minimum Gasteiger partial charge on any atom is -0.383 e. The topological polar surface area (TPSA) is 1220 Å². The van der Waals surface area contributed by atoms with Crippen molar-refractivity contribution in [2.45, 2.75) is 157 Å². The molecule has 0 bridgehead atoms. The van der Waals surface area contributed by atoms with Crippen LogP contribution in [0.15, 0.2) is 94.1 Å². The molecule has 24 N–H and O–H groups in total. The molecule has 810 valence electrons.